The minimum atomic E-state index is -3.19. The highest BCUT2D eigenvalue weighted by molar-refractivity contribution is 7.90. The smallest absolute Gasteiger partial charge is 0.215 e. The Hall–Kier alpha value is -0.170. The van der Waals surface area contributed by atoms with E-state index in [2.05, 4.69) is 14.9 Å². The Morgan fingerprint density at radius 2 is 1.78 bits per heavy atom. The molecule has 1 aliphatic rings. The van der Waals surface area contributed by atoms with Gasteiger partial charge in [-0.1, -0.05) is 13.8 Å². The third-order valence-electron chi connectivity index (χ3n) is 3.27. The van der Waals surface area contributed by atoms with Gasteiger partial charge in [0, 0.05) is 25.7 Å². The van der Waals surface area contributed by atoms with E-state index in [1.165, 1.54) is 12.8 Å². The number of nitrogens with zero attached hydrogens (tertiary/aromatic N) is 1. The van der Waals surface area contributed by atoms with Crippen LogP contribution in [0, 0.1) is 0 Å². The summed E-state index contributed by atoms with van der Waals surface area (Å²) < 4.78 is 26.6. The molecule has 0 bridgehead atoms. The Balaban J connectivity index is 2.25. The van der Waals surface area contributed by atoms with Crippen LogP contribution in [0.1, 0.15) is 33.6 Å². The third kappa shape index (κ3) is 5.65. The molecule has 1 saturated heterocycles. The zero-order valence-corrected chi connectivity index (χ0v) is 12.6. The van der Waals surface area contributed by atoms with Crippen molar-refractivity contribution in [2.75, 3.05) is 32.7 Å². The minimum Gasteiger partial charge on any atom is -0.313 e. The molecule has 0 saturated carbocycles. The van der Waals surface area contributed by atoms with Crippen LogP contribution in [0.5, 0.6) is 0 Å². The topological polar surface area (TPSA) is 61.4 Å². The molecule has 0 spiro atoms. The van der Waals surface area contributed by atoms with Gasteiger partial charge in [-0.25, -0.2) is 13.1 Å². The summed E-state index contributed by atoms with van der Waals surface area (Å²) >= 11 is 0. The van der Waals surface area contributed by atoms with Gasteiger partial charge < -0.3 is 10.2 Å². The van der Waals surface area contributed by atoms with E-state index in [0.717, 1.165) is 19.6 Å². The first-order chi connectivity index (χ1) is 8.42. The standard InChI is InChI=1S/C12H27N3O2S/c1-11(2)13-10-12(3)18(16,17)14-6-9-15-7-4-5-8-15/h11-14H,4-10H2,1-3H3. The molecule has 0 amide bonds. The summed E-state index contributed by atoms with van der Waals surface area (Å²) in [4.78, 5) is 2.31. The fraction of sp³-hybridized carbons (Fsp3) is 1.00. The molecule has 5 nitrogen and oxygen atoms in total. The highest BCUT2D eigenvalue weighted by Crippen LogP contribution is 2.06. The van der Waals surface area contributed by atoms with Crippen LogP contribution in [0.15, 0.2) is 0 Å². The first-order valence-corrected chi connectivity index (χ1v) is 8.40. The molecule has 0 aliphatic carbocycles. The van der Waals surface area contributed by atoms with Crippen LogP contribution >= 0.6 is 0 Å². The number of likely N-dealkylation sites (tertiary alicyclic amines) is 1. The highest BCUT2D eigenvalue weighted by atomic mass is 32.2. The Morgan fingerprint density at radius 1 is 1.17 bits per heavy atom. The predicted molar refractivity (Wildman–Crippen MR) is 75.2 cm³/mol. The van der Waals surface area contributed by atoms with Crippen molar-refractivity contribution in [2.45, 2.75) is 44.9 Å². The van der Waals surface area contributed by atoms with Crippen LogP contribution in [-0.2, 0) is 10.0 Å². The van der Waals surface area contributed by atoms with Crippen LogP contribution in [0.4, 0.5) is 0 Å². The lowest BCUT2D eigenvalue weighted by Crippen LogP contribution is -2.42. The summed E-state index contributed by atoms with van der Waals surface area (Å²) in [7, 11) is -3.19. The lowest BCUT2D eigenvalue weighted by molar-refractivity contribution is 0.344. The molecule has 1 rings (SSSR count). The van der Waals surface area contributed by atoms with E-state index < -0.39 is 15.3 Å². The van der Waals surface area contributed by atoms with Gasteiger partial charge in [-0.15, -0.1) is 0 Å². The zero-order valence-electron chi connectivity index (χ0n) is 11.8. The average molecular weight is 277 g/mol. The van der Waals surface area contributed by atoms with Crippen molar-refractivity contribution < 1.29 is 8.42 Å². The predicted octanol–water partition coefficient (Wildman–Crippen LogP) is 0.388. The average Bonchev–Trinajstić information content (AvgIpc) is 2.78. The number of nitrogens with one attached hydrogen (secondary N) is 2. The molecule has 6 heteroatoms. The van der Waals surface area contributed by atoms with Crippen LogP contribution in [0.3, 0.4) is 0 Å². The minimum absolute atomic E-state index is 0.312. The highest BCUT2D eigenvalue weighted by Gasteiger charge is 2.20. The van der Waals surface area contributed by atoms with Gasteiger partial charge in [-0.3, -0.25) is 0 Å². The lowest BCUT2D eigenvalue weighted by atomic mass is 10.3. The lowest BCUT2D eigenvalue weighted by Gasteiger charge is -2.18. The molecule has 1 unspecified atom stereocenters. The van der Waals surface area contributed by atoms with Crippen LogP contribution in [-0.4, -0.2) is 57.3 Å². The van der Waals surface area contributed by atoms with Gasteiger partial charge in [0.1, 0.15) is 0 Å². The van der Waals surface area contributed by atoms with E-state index in [0.29, 0.717) is 19.1 Å². The molecule has 0 aromatic heterocycles. The van der Waals surface area contributed by atoms with Gasteiger partial charge >= 0.3 is 0 Å². The van der Waals surface area contributed by atoms with Gasteiger partial charge in [0.15, 0.2) is 0 Å². The summed E-state index contributed by atoms with van der Waals surface area (Å²) in [5.41, 5.74) is 0. The van der Waals surface area contributed by atoms with Crippen LogP contribution < -0.4 is 10.0 Å². The second-order valence-electron chi connectivity index (χ2n) is 5.36. The molecule has 0 aromatic rings. The van der Waals surface area contributed by atoms with Crippen molar-refractivity contribution in [1.82, 2.24) is 14.9 Å². The molecule has 1 fully saturated rings. The summed E-state index contributed by atoms with van der Waals surface area (Å²) in [6.45, 7) is 9.82. The molecule has 1 aliphatic heterocycles. The molecule has 0 radical (unpaired) electrons. The third-order valence-corrected chi connectivity index (χ3v) is 5.11. The van der Waals surface area contributed by atoms with E-state index >= 15 is 0 Å². The quantitative estimate of drug-likeness (QED) is 0.674. The maximum Gasteiger partial charge on any atom is 0.215 e. The zero-order chi connectivity index (χ0) is 13.6. The first-order valence-electron chi connectivity index (χ1n) is 6.86. The number of rotatable bonds is 8. The summed E-state index contributed by atoms with van der Waals surface area (Å²) in [5, 5.41) is 2.76. The second-order valence-corrected chi connectivity index (χ2v) is 7.55. The van der Waals surface area contributed by atoms with Gasteiger partial charge in [0.2, 0.25) is 10.0 Å². The molecular formula is C12H27N3O2S. The fourth-order valence-electron chi connectivity index (χ4n) is 2.01. The number of hydrogen-bond acceptors (Lipinski definition) is 4. The molecule has 2 N–H and O–H groups in total. The molecule has 0 aromatic carbocycles. The Labute approximate surface area is 111 Å². The van der Waals surface area contributed by atoms with E-state index in [4.69, 9.17) is 0 Å². The molecule has 1 heterocycles. The maximum absolute atomic E-state index is 11.9. The van der Waals surface area contributed by atoms with Gasteiger partial charge in [0.05, 0.1) is 5.25 Å². The van der Waals surface area contributed by atoms with Crippen molar-refractivity contribution in [2.24, 2.45) is 0 Å². The maximum atomic E-state index is 11.9. The Bertz CT molecular complexity index is 324. The molecular weight excluding hydrogens is 250 g/mol. The summed E-state index contributed by atoms with van der Waals surface area (Å²) in [5.74, 6) is 0. The number of sulfonamides is 1. The van der Waals surface area contributed by atoms with Gasteiger partial charge in [0.25, 0.3) is 0 Å². The van der Waals surface area contributed by atoms with Crippen molar-refractivity contribution in [3.63, 3.8) is 0 Å². The second kappa shape index (κ2) is 7.43. The summed E-state index contributed by atoms with van der Waals surface area (Å²) in [6, 6.07) is 0.312. The Morgan fingerprint density at radius 3 is 2.33 bits per heavy atom. The first kappa shape index (κ1) is 15.9. The molecule has 1 atom stereocenters. The monoisotopic (exact) mass is 277 g/mol. The SMILES string of the molecule is CC(C)NCC(C)S(=O)(=O)NCCN1CCCC1. The molecule has 18 heavy (non-hydrogen) atoms. The van der Waals surface area contributed by atoms with Crippen molar-refractivity contribution in [3.05, 3.63) is 0 Å². The molecule has 108 valence electrons. The van der Waals surface area contributed by atoms with E-state index in [1.807, 2.05) is 13.8 Å². The van der Waals surface area contributed by atoms with Crippen molar-refractivity contribution in [1.29, 1.82) is 0 Å². The summed E-state index contributed by atoms with van der Waals surface area (Å²) in [6.07, 6.45) is 2.48. The van der Waals surface area contributed by atoms with Crippen molar-refractivity contribution >= 4 is 10.0 Å². The van der Waals surface area contributed by atoms with Crippen LogP contribution in [0.2, 0.25) is 0 Å². The van der Waals surface area contributed by atoms with Gasteiger partial charge in [-0.05, 0) is 32.9 Å². The van der Waals surface area contributed by atoms with E-state index in [9.17, 15) is 8.42 Å². The Kier molecular flexibility index (Phi) is 6.55. The fourth-order valence-corrected chi connectivity index (χ4v) is 2.98. The largest absolute Gasteiger partial charge is 0.313 e. The van der Waals surface area contributed by atoms with Gasteiger partial charge in [-0.2, -0.15) is 0 Å². The van der Waals surface area contributed by atoms with Crippen LogP contribution in [0.25, 0.3) is 0 Å². The van der Waals surface area contributed by atoms with E-state index in [-0.39, 0.29) is 0 Å². The number of hydrogen-bond donors (Lipinski definition) is 2. The normalized spacial score (nSPS) is 19.6. The van der Waals surface area contributed by atoms with Crippen molar-refractivity contribution in [3.8, 4) is 0 Å². The van der Waals surface area contributed by atoms with E-state index in [1.54, 1.807) is 6.92 Å².